The molecule has 0 spiro atoms. The number of nitrogens with zero attached hydrogens (tertiary/aromatic N) is 1. The van der Waals surface area contributed by atoms with E-state index in [2.05, 4.69) is 17.2 Å². The Morgan fingerprint density at radius 2 is 2.28 bits per heavy atom. The van der Waals surface area contributed by atoms with Crippen LogP contribution in [0.25, 0.3) is 0 Å². The molecule has 1 amide bonds. The Kier molecular flexibility index (Phi) is 6.14. The third-order valence-corrected chi connectivity index (χ3v) is 4.37. The van der Waals surface area contributed by atoms with E-state index in [1.165, 1.54) is 4.88 Å². The molecule has 0 fully saturated rings. The maximum Gasteiger partial charge on any atom is 0.313 e. The van der Waals surface area contributed by atoms with Crippen molar-refractivity contribution in [1.82, 2.24) is 10.3 Å². The van der Waals surface area contributed by atoms with Crippen LogP contribution < -0.4 is 5.32 Å². The molecule has 2 N–H and O–H groups in total. The number of nitrogens with one attached hydrogen (secondary N) is 1. The number of thiazole rings is 1. The summed E-state index contributed by atoms with van der Waals surface area (Å²) < 4.78 is 0. The summed E-state index contributed by atoms with van der Waals surface area (Å²) in [6.07, 6.45) is 2.76. The van der Waals surface area contributed by atoms with Crippen LogP contribution in [0.1, 0.15) is 29.8 Å². The van der Waals surface area contributed by atoms with Crippen molar-refractivity contribution in [3.05, 3.63) is 16.1 Å². The zero-order valence-electron chi connectivity index (χ0n) is 10.3. The maximum atomic E-state index is 11.5. The Labute approximate surface area is 114 Å². The summed E-state index contributed by atoms with van der Waals surface area (Å²) in [5, 5.41) is 12.1. The molecular formula is C11H16N2O3S2. The summed E-state index contributed by atoms with van der Waals surface area (Å²) in [5.74, 6) is -0.975. The van der Waals surface area contributed by atoms with Crippen molar-refractivity contribution in [3.8, 4) is 0 Å². The van der Waals surface area contributed by atoms with Crippen LogP contribution in [0.2, 0.25) is 0 Å². The number of aryl methyl sites for hydroxylation is 1. The number of hydrogen-bond acceptors (Lipinski definition) is 5. The van der Waals surface area contributed by atoms with Crippen molar-refractivity contribution in [2.75, 3.05) is 11.5 Å². The molecule has 0 aromatic carbocycles. The second kappa shape index (κ2) is 7.38. The largest absolute Gasteiger partial charge is 0.481 e. The van der Waals surface area contributed by atoms with E-state index in [1.807, 2.05) is 13.1 Å². The highest BCUT2D eigenvalue weighted by Gasteiger charge is 2.13. The fourth-order valence-corrected chi connectivity index (χ4v) is 2.67. The van der Waals surface area contributed by atoms with Crippen LogP contribution in [0, 0.1) is 0 Å². The minimum Gasteiger partial charge on any atom is -0.481 e. The van der Waals surface area contributed by atoms with Gasteiger partial charge in [0, 0.05) is 11.1 Å². The molecule has 1 rings (SSSR count). The summed E-state index contributed by atoms with van der Waals surface area (Å²) in [4.78, 5) is 27.3. The Balaban J connectivity index is 2.37. The number of carbonyl (C=O) groups is 2. The number of aliphatic carboxylic acids is 1. The van der Waals surface area contributed by atoms with Crippen molar-refractivity contribution >= 4 is 35.0 Å². The lowest BCUT2D eigenvalue weighted by atomic mass is 10.3. The number of aromatic nitrogens is 1. The van der Waals surface area contributed by atoms with Crippen LogP contribution >= 0.6 is 23.1 Å². The molecule has 1 aromatic heterocycles. The van der Waals surface area contributed by atoms with E-state index < -0.39 is 5.97 Å². The van der Waals surface area contributed by atoms with Gasteiger partial charge in [0.05, 0.1) is 17.5 Å². The van der Waals surface area contributed by atoms with Gasteiger partial charge < -0.3 is 10.4 Å². The molecule has 7 heteroatoms. The topological polar surface area (TPSA) is 79.3 Å². The van der Waals surface area contributed by atoms with Gasteiger partial charge >= 0.3 is 5.97 Å². The number of amides is 1. The first-order valence-electron chi connectivity index (χ1n) is 5.56. The van der Waals surface area contributed by atoms with Gasteiger partial charge in [0.15, 0.2) is 0 Å². The molecule has 1 atom stereocenters. The Hall–Kier alpha value is -1.08. The smallest absolute Gasteiger partial charge is 0.313 e. The van der Waals surface area contributed by atoms with Gasteiger partial charge in [-0.3, -0.25) is 9.59 Å². The fraction of sp³-hybridized carbons (Fsp3) is 0.545. The monoisotopic (exact) mass is 288 g/mol. The molecule has 0 aliphatic heterocycles. The number of carboxylic acids is 1. The first-order chi connectivity index (χ1) is 8.52. The highest BCUT2D eigenvalue weighted by Crippen LogP contribution is 2.20. The molecule has 1 heterocycles. The van der Waals surface area contributed by atoms with Crippen LogP contribution in [0.5, 0.6) is 0 Å². The Bertz CT molecular complexity index is 420. The molecule has 5 nitrogen and oxygen atoms in total. The standard InChI is InChI=1S/C11H16N2O3S2/c1-3-8-4-12-11(18-8)7(2)13-9(14)5-17-6-10(15)16/h4,7H,3,5-6H2,1-2H3,(H,13,14)(H,15,16). The van der Waals surface area contributed by atoms with E-state index in [1.54, 1.807) is 11.3 Å². The maximum absolute atomic E-state index is 11.5. The van der Waals surface area contributed by atoms with E-state index in [0.717, 1.165) is 23.2 Å². The second-order valence-electron chi connectivity index (χ2n) is 3.69. The predicted molar refractivity (Wildman–Crippen MR) is 73.0 cm³/mol. The molecule has 0 radical (unpaired) electrons. The van der Waals surface area contributed by atoms with Crippen LogP contribution in [0.15, 0.2) is 6.20 Å². The highest BCUT2D eigenvalue weighted by atomic mass is 32.2. The molecule has 0 saturated heterocycles. The van der Waals surface area contributed by atoms with Crippen LogP contribution in [0.3, 0.4) is 0 Å². The SMILES string of the molecule is CCc1cnc(C(C)NC(=O)CSCC(=O)O)s1. The van der Waals surface area contributed by atoms with E-state index in [4.69, 9.17) is 5.11 Å². The van der Waals surface area contributed by atoms with Gasteiger partial charge in [-0.1, -0.05) is 6.92 Å². The Morgan fingerprint density at radius 1 is 1.56 bits per heavy atom. The van der Waals surface area contributed by atoms with Gasteiger partial charge in [0.2, 0.25) is 5.91 Å². The number of rotatable bonds is 7. The van der Waals surface area contributed by atoms with Gasteiger partial charge in [-0.25, -0.2) is 4.98 Å². The molecule has 0 saturated carbocycles. The number of carboxylic acid groups (broad SMARTS) is 1. The summed E-state index contributed by atoms with van der Waals surface area (Å²) >= 11 is 2.67. The van der Waals surface area contributed by atoms with Crippen molar-refractivity contribution in [2.45, 2.75) is 26.3 Å². The first-order valence-corrected chi connectivity index (χ1v) is 7.53. The fourth-order valence-electron chi connectivity index (χ4n) is 1.26. The van der Waals surface area contributed by atoms with Crippen molar-refractivity contribution in [1.29, 1.82) is 0 Å². The van der Waals surface area contributed by atoms with Crippen LogP contribution in [-0.4, -0.2) is 33.5 Å². The number of carbonyl (C=O) groups excluding carboxylic acids is 1. The van der Waals surface area contributed by atoms with E-state index in [9.17, 15) is 9.59 Å². The van der Waals surface area contributed by atoms with E-state index in [-0.39, 0.29) is 23.5 Å². The number of hydrogen-bond donors (Lipinski definition) is 2. The molecule has 0 bridgehead atoms. The minimum absolute atomic E-state index is 0.0565. The van der Waals surface area contributed by atoms with Gasteiger partial charge in [-0.15, -0.1) is 23.1 Å². The summed E-state index contributed by atoms with van der Waals surface area (Å²) in [5.41, 5.74) is 0. The van der Waals surface area contributed by atoms with Gasteiger partial charge in [-0.05, 0) is 13.3 Å². The molecule has 1 unspecified atom stereocenters. The number of thioether (sulfide) groups is 1. The summed E-state index contributed by atoms with van der Waals surface area (Å²) in [6, 6.07) is -0.131. The normalized spacial score (nSPS) is 12.1. The van der Waals surface area contributed by atoms with Gasteiger partial charge in [0.25, 0.3) is 0 Å². The second-order valence-corrected chi connectivity index (χ2v) is 5.83. The molecule has 0 aliphatic carbocycles. The first kappa shape index (κ1) is 15.0. The van der Waals surface area contributed by atoms with Gasteiger partial charge in [-0.2, -0.15) is 0 Å². The van der Waals surface area contributed by atoms with Crippen molar-refractivity contribution in [3.63, 3.8) is 0 Å². The van der Waals surface area contributed by atoms with Gasteiger partial charge in [0.1, 0.15) is 5.01 Å². The van der Waals surface area contributed by atoms with E-state index in [0.29, 0.717) is 0 Å². The third-order valence-electron chi connectivity index (χ3n) is 2.13. The average molecular weight is 288 g/mol. The lowest BCUT2D eigenvalue weighted by molar-refractivity contribution is -0.133. The van der Waals surface area contributed by atoms with Crippen LogP contribution in [-0.2, 0) is 16.0 Å². The average Bonchev–Trinajstić information content (AvgIpc) is 2.76. The summed E-state index contributed by atoms with van der Waals surface area (Å²) in [6.45, 7) is 3.93. The lowest BCUT2D eigenvalue weighted by Crippen LogP contribution is -2.28. The lowest BCUT2D eigenvalue weighted by Gasteiger charge is -2.10. The molecule has 1 aromatic rings. The molecule has 18 heavy (non-hydrogen) atoms. The Morgan fingerprint density at radius 3 is 2.83 bits per heavy atom. The zero-order valence-corrected chi connectivity index (χ0v) is 11.9. The molecule has 0 aliphatic rings. The summed E-state index contributed by atoms with van der Waals surface area (Å²) in [7, 11) is 0. The predicted octanol–water partition coefficient (Wildman–Crippen LogP) is 1.70. The van der Waals surface area contributed by atoms with Crippen molar-refractivity contribution < 1.29 is 14.7 Å². The minimum atomic E-state index is -0.909. The quantitative estimate of drug-likeness (QED) is 0.798. The third kappa shape index (κ3) is 5.05. The van der Waals surface area contributed by atoms with Crippen LogP contribution in [0.4, 0.5) is 0 Å². The van der Waals surface area contributed by atoms with Crippen molar-refractivity contribution in [2.24, 2.45) is 0 Å². The molecule has 100 valence electrons. The highest BCUT2D eigenvalue weighted by molar-refractivity contribution is 8.00. The van der Waals surface area contributed by atoms with E-state index >= 15 is 0 Å². The zero-order chi connectivity index (χ0) is 13.5. The molecular weight excluding hydrogens is 272 g/mol.